The van der Waals surface area contributed by atoms with Crippen LogP contribution in [0.15, 0.2) is 46.2 Å². The molecule has 9 heteroatoms. The first-order valence-electron chi connectivity index (χ1n) is 9.71. The number of carboxylic acid groups (broad SMARTS) is 1. The molecule has 3 aromatic rings. The van der Waals surface area contributed by atoms with Crippen molar-refractivity contribution in [1.82, 2.24) is 9.29 Å². The van der Waals surface area contributed by atoms with E-state index in [1.807, 2.05) is 12.1 Å². The van der Waals surface area contributed by atoms with Gasteiger partial charge in [-0.3, -0.25) is 9.52 Å². The van der Waals surface area contributed by atoms with Gasteiger partial charge in [0.05, 0.1) is 23.6 Å². The number of carboxylic acids is 1. The van der Waals surface area contributed by atoms with E-state index < -0.39 is 17.2 Å². The fourth-order valence-electron chi connectivity index (χ4n) is 3.58. The first-order valence-corrected chi connectivity index (χ1v) is 11.1. The van der Waals surface area contributed by atoms with Crippen LogP contribution in [0, 0.1) is 5.82 Å². The number of aromatic nitrogens is 1. The fraction of sp³-hybridized carbons (Fsp3) is 0.273. The van der Waals surface area contributed by atoms with Gasteiger partial charge >= 0.3 is 5.97 Å². The van der Waals surface area contributed by atoms with Crippen LogP contribution in [0.25, 0.3) is 22.0 Å². The zero-order chi connectivity index (χ0) is 22.1. The molecular weight excluding hydrogens is 443 g/mol. The number of hydrogen-bond donors (Lipinski definition) is 2. The topological polar surface area (TPSA) is 80.6 Å². The number of carbonyl (C=O) groups is 1. The summed E-state index contributed by atoms with van der Waals surface area (Å²) >= 11 is 7.09. The smallest absolute Gasteiger partial charge is 0.341 e. The second-order valence-electron chi connectivity index (χ2n) is 7.19. The molecule has 1 aliphatic rings. The molecule has 2 aromatic carbocycles. The molecule has 0 bridgehead atoms. The number of hydrogen-bond acceptors (Lipinski definition) is 5. The third kappa shape index (κ3) is 4.15. The van der Waals surface area contributed by atoms with Gasteiger partial charge in [-0.05, 0) is 48.6 Å². The molecule has 1 aromatic heterocycles. The summed E-state index contributed by atoms with van der Waals surface area (Å²) in [6.45, 7) is 0.651. The number of nitrogens with zero attached hydrogens (tertiary/aromatic N) is 1. The van der Waals surface area contributed by atoms with Crippen LogP contribution in [-0.2, 0) is 0 Å². The summed E-state index contributed by atoms with van der Waals surface area (Å²) in [5.41, 5.74) is 0.144. The van der Waals surface area contributed by atoms with Crippen molar-refractivity contribution in [3.05, 3.63) is 58.1 Å². The van der Waals surface area contributed by atoms with E-state index in [-0.39, 0.29) is 28.3 Å². The van der Waals surface area contributed by atoms with Crippen molar-refractivity contribution in [3.8, 4) is 16.9 Å². The molecule has 0 spiro atoms. The minimum Gasteiger partial charge on any atom is -0.494 e. The van der Waals surface area contributed by atoms with Gasteiger partial charge in [0, 0.05) is 29.6 Å². The number of nitrogens with one attached hydrogen (secondary N) is 1. The molecule has 0 amide bonds. The molecule has 1 fully saturated rings. The van der Waals surface area contributed by atoms with Crippen molar-refractivity contribution >= 4 is 40.4 Å². The zero-order valence-electron chi connectivity index (χ0n) is 16.7. The highest BCUT2D eigenvalue weighted by atomic mass is 35.5. The Morgan fingerprint density at radius 3 is 2.65 bits per heavy atom. The van der Waals surface area contributed by atoms with Gasteiger partial charge < -0.3 is 14.4 Å². The molecule has 162 valence electrons. The quantitative estimate of drug-likeness (QED) is 0.287. The number of halogens is 2. The zero-order valence-corrected chi connectivity index (χ0v) is 18.2. The molecule has 0 atom stereocenters. The predicted molar refractivity (Wildman–Crippen MR) is 120 cm³/mol. The molecule has 1 saturated carbocycles. The fourth-order valence-corrected chi connectivity index (χ4v) is 4.43. The minimum absolute atomic E-state index is 0.00218. The SMILES string of the molecule is COc1c(-c2ccc(SNCCCl)cc2)c(F)cc2c(=O)c(C(=O)O)cn(C3CC3)c12. The Hall–Kier alpha value is -2.55. The molecule has 0 aliphatic heterocycles. The van der Waals surface area contributed by atoms with Crippen LogP contribution in [0.4, 0.5) is 4.39 Å². The molecular formula is C22H20ClFN2O4S. The van der Waals surface area contributed by atoms with Crippen LogP contribution in [0.5, 0.6) is 5.75 Å². The van der Waals surface area contributed by atoms with E-state index in [0.717, 1.165) is 23.8 Å². The van der Waals surface area contributed by atoms with E-state index in [9.17, 15) is 14.7 Å². The van der Waals surface area contributed by atoms with E-state index in [0.29, 0.717) is 23.5 Å². The maximum Gasteiger partial charge on any atom is 0.341 e. The first-order chi connectivity index (χ1) is 15.0. The summed E-state index contributed by atoms with van der Waals surface area (Å²) < 4.78 is 25.7. The maximum absolute atomic E-state index is 15.3. The lowest BCUT2D eigenvalue weighted by atomic mass is 10.00. The summed E-state index contributed by atoms with van der Waals surface area (Å²) in [7, 11) is 1.42. The number of pyridine rings is 1. The Morgan fingerprint density at radius 1 is 1.35 bits per heavy atom. The van der Waals surface area contributed by atoms with Gasteiger partial charge in [0.15, 0.2) is 5.75 Å². The largest absolute Gasteiger partial charge is 0.494 e. The van der Waals surface area contributed by atoms with Gasteiger partial charge in [-0.2, -0.15) is 0 Å². The van der Waals surface area contributed by atoms with Crippen LogP contribution < -0.4 is 14.9 Å². The molecule has 4 rings (SSSR count). The second-order valence-corrected chi connectivity index (χ2v) is 8.53. The first kappa shape index (κ1) is 21.7. The summed E-state index contributed by atoms with van der Waals surface area (Å²) in [4.78, 5) is 25.3. The molecule has 0 radical (unpaired) electrons. The third-order valence-electron chi connectivity index (χ3n) is 5.13. The van der Waals surface area contributed by atoms with Crippen LogP contribution in [-0.4, -0.2) is 35.2 Å². The summed E-state index contributed by atoms with van der Waals surface area (Å²) in [6, 6.07) is 8.44. The number of methoxy groups -OCH3 is 1. The lowest BCUT2D eigenvalue weighted by Gasteiger charge is -2.18. The Morgan fingerprint density at radius 2 is 2.06 bits per heavy atom. The normalized spacial score (nSPS) is 13.5. The van der Waals surface area contributed by atoms with Crippen molar-refractivity contribution in [3.63, 3.8) is 0 Å². The highest BCUT2D eigenvalue weighted by Gasteiger charge is 2.30. The van der Waals surface area contributed by atoms with Gasteiger partial charge in [-0.25, -0.2) is 9.18 Å². The van der Waals surface area contributed by atoms with E-state index in [2.05, 4.69) is 4.72 Å². The second kappa shape index (κ2) is 8.90. The molecule has 6 nitrogen and oxygen atoms in total. The van der Waals surface area contributed by atoms with Crippen molar-refractivity contribution in [2.75, 3.05) is 19.5 Å². The van der Waals surface area contributed by atoms with Gasteiger partial charge in [-0.1, -0.05) is 12.1 Å². The predicted octanol–water partition coefficient (Wildman–Crippen LogP) is 4.68. The van der Waals surface area contributed by atoms with E-state index >= 15 is 4.39 Å². The van der Waals surface area contributed by atoms with Crippen LogP contribution in [0.1, 0.15) is 29.2 Å². The average molecular weight is 463 g/mol. The van der Waals surface area contributed by atoms with Crippen LogP contribution in [0.2, 0.25) is 0 Å². The lowest BCUT2D eigenvalue weighted by Crippen LogP contribution is -2.19. The number of ether oxygens (including phenoxy) is 1. The van der Waals surface area contributed by atoms with Gasteiger partial charge in [0.2, 0.25) is 5.43 Å². The molecule has 0 unspecified atom stereocenters. The number of alkyl halides is 1. The Kier molecular flexibility index (Phi) is 6.22. The number of benzene rings is 2. The summed E-state index contributed by atoms with van der Waals surface area (Å²) in [5, 5.41) is 9.43. The molecule has 1 heterocycles. The number of rotatable bonds is 8. The minimum atomic E-state index is -1.33. The van der Waals surface area contributed by atoms with Gasteiger partial charge in [0.25, 0.3) is 0 Å². The Labute approximate surface area is 187 Å². The van der Waals surface area contributed by atoms with E-state index in [4.69, 9.17) is 16.3 Å². The lowest BCUT2D eigenvalue weighted by molar-refractivity contribution is 0.0695. The van der Waals surface area contributed by atoms with Crippen molar-refractivity contribution < 1.29 is 19.0 Å². The standard InChI is InChI=1S/C22H20ClFN2O4S/c1-30-21-18(12-2-6-14(7-3-12)31-25-9-8-23)17(24)10-15-19(21)26(13-4-5-13)11-16(20(15)27)22(28)29/h2-3,6-7,10-11,13,25H,4-5,8-9H2,1H3,(H,28,29). The molecule has 1 aliphatic carbocycles. The maximum atomic E-state index is 15.3. The Balaban J connectivity index is 1.90. The molecule has 2 N–H and O–H groups in total. The monoisotopic (exact) mass is 462 g/mol. The van der Waals surface area contributed by atoms with Crippen molar-refractivity contribution in [2.45, 2.75) is 23.8 Å². The molecule has 31 heavy (non-hydrogen) atoms. The Bertz CT molecular complexity index is 1210. The van der Waals surface area contributed by atoms with Gasteiger partial charge in [0.1, 0.15) is 11.4 Å². The van der Waals surface area contributed by atoms with Crippen molar-refractivity contribution in [2.24, 2.45) is 0 Å². The van der Waals surface area contributed by atoms with E-state index in [1.165, 1.54) is 25.3 Å². The number of fused-ring (bicyclic) bond motifs is 1. The van der Waals surface area contributed by atoms with Gasteiger partial charge in [-0.15, -0.1) is 11.6 Å². The third-order valence-corrected chi connectivity index (χ3v) is 6.17. The highest BCUT2D eigenvalue weighted by Crippen LogP contribution is 2.43. The number of aromatic carboxylic acids is 1. The van der Waals surface area contributed by atoms with Crippen LogP contribution in [0.3, 0.4) is 0 Å². The molecule has 0 saturated heterocycles. The van der Waals surface area contributed by atoms with E-state index in [1.54, 1.807) is 16.7 Å². The highest BCUT2D eigenvalue weighted by molar-refractivity contribution is 7.97. The summed E-state index contributed by atoms with van der Waals surface area (Å²) in [6.07, 6.45) is 3.05. The average Bonchev–Trinajstić information content (AvgIpc) is 3.59. The van der Waals surface area contributed by atoms with Crippen LogP contribution >= 0.6 is 23.5 Å². The van der Waals surface area contributed by atoms with Crippen molar-refractivity contribution in [1.29, 1.82) is 0 Å². The summed E-state index contributed by atoms with van der Waals surface area (Å²) in [5.74, 6) is -1.26.